The van der Waals surface area contributed by atoms with Crippen molar-refractivity contribution >= 4 is 68.2 Å². The third-order valence-electron chi connectivity index (χ3n) is 23.6. The molecule has 8 aliphatic carbocycles. The zero-order valence-corrected chi connectivity index (χ0v) is 66.0. The molecule has 11 aliphatic rings. The monoisotopic (exact) mass is 1320 g/mol. The van der Waals surface area contributed by atoms with Crippen molar-refractivity contribution in [2.45, 2.75) is 241 Å². The lowest BCUT2D eigenvalue weighted by molar-refractivity contribution is -0.0475. The molecule has 98 heavy (non-hydrogen) atoms. The van der Waals surface area contributed by atoms with Gasteiger partial charge in [0.05, 0.1) is 68.2 Å². The van der Waals surface area contributed by atoms with Crippen molar-refractivity contribution in [3.8, 4) is 0 Å². The fourth-order valence-corrected chi connectivity index (χ4v) is 19.4. The molecule has 0 saturated heterocycles. The van der Waals surface area contributed by atoms with Gasteiger partial charge in [0.1, 0.15) is 0 Å². The van der Waals surface area contributed by atoms with Crippen LogP contribution in [0.25, 0.3) is 0 Å². The second kappa shape index (κ2) is 28.2. The van der Waals surface area contributed by atoms with Crippen molar-refractivity contribution in [2.24, 2.45) is 78.8 Å². The van der Waals surface area contributed by atoms with Crippen LogP contribution in [0.2, 0.25) is 0 Å². The Morgan fingerprint density at radius 1 is 0.286 bits per heavy atom. The SMILES string of the molecule is CC(C)(C)Cc1ccc2c(c1)N(CC(C)(C)C)c1ccccc1N2CC(C)(C)C.CCC(C)(C)C.CCC(C)(C)C.CN1c2ccccc2N(C)c2cc(CC(C)(C)C)ccc21.c1ccc2c(c1)N(CC13CC4CC(CC(C4)C1)C3)c1ccccc1N2CC12CC3CC(CC(C3)C1)C2. The Hall–Kier alpha value is -5.88. The average molecular weight is 1320 g/mol. The molecule has 0 atom stereocenters. The van der Waals surface area contributed by atoms with Crippen molar-refractivity contribution in [1.29, 1.82) is 0 Å². The van der Waals surface area contributed by atoms with E-state index in [1.54, 1.807) is 0 Å². The lowest BCUT2D eigenvalue weighted by Crippen LogP contribution is -2.52. The lowest BCUT2D eigenvalue weighted by Gasteiger charge is -2.59. The first-order valence-corrected chi connectivity index (χ1v) is 39.0. The highest BCUT2D eigenvalue weighted by atomic mass is 15.3. The van der Waals surface area contributed by atoms with Gasteiger partial charge in [0.2, 0.25) is 0 Å². The molecule has 3 aliphatic heterocycles. The van der Waals surface area contributed by atoms with E-state index in [0.717, 1.165) is 61.4 Å². The zero-order chi connectivity index (χ0) is 70.7. The minimum Gasteiger partial charge on any atom is -0.341 e. The Labute approximate surface area is 599 Å². The van der Waals surface area contributed by atoms with Crippen LogP contribution in [0.3, 0.4) is 0 Å². The Morgan fingerprint density at radius 2 is 0.520 bits per heavy atom. The van der Waals surface area contributed by atoms with Gasteiger partial charge in [0.15, 0.2) is 0 Å². The van der Waals surface area contributed by atoms with Crippen molar-refractivity contribution in [2.75, 3.05) is 69.7 Å². The van der Waals surface area contributed by atoms with Gasteiger partial charge in [-0.2, -0.15) is 0 Å². The summed E-state index contributed by atoms with van der Waals surface area (Å²) in [5.41, 5.74) is 22.3. The quantitative estimate of drug-likeness (QED) is 0.150. The summed E-state index contributed by atoms with van der Waals surface area (Å²) in [6.45, 7) is 50.1. The molecule has 8 bridgehead atoms. The molecule has 532 valence electrons. The van der Waals surface area contributed by atoms with E-state index < -0.39 is 0 Å². The van der Waals surface area contributed by atoms with Crippen LogP contribution in [-0.4, -0.2) is 40.3 Å². The summed E-state index contributed by atoms with van der Waals surface area (Å²) in [7, 11) is 4.31. The van der Waals surface area contributed by atoms with Crippen LogP contribution in [-0.2, 0) is 12.8 Å². The molecule has 8 saturated carbocycles. The summed E-state index contributed by atoms with van der Waals surface area (Å²) >= 11 is 0. The Bertz CT molecular complexity index is 3450. The first-order valence-electron chi connectivity index (χ1n) is 39.0. The lowest BCUT2D eigenvalue weighted by atomic mass is 9.49. The molecule has 0 spiro atoms. The van der Waals surface area contributed by atoms with Gasteiger partial charge in [-0.1, -0.05) is 212 Å². The molecule has 17 rings (SSSR count). The van der Waals surface area contributed by atoms with Gasteiger partial charge in [-0.3, -0.25) is 0 Å². The number of nitrogens with zero attached hydrogens (tertiary/aromatic N) is 6. The fraction of sp³-hybridized carbons (Fsp3) is 0.609. The molecule has 6 aromatic rings. The van der Waals surface area contributed by atoms with E-state index in [1.807, 2.05) is 0 Å². The molecule has 3 heterocycles. The van der Waals surface area contributed by atoms with E-state index in [0.29, 0.717) is 27.1 Å². The minimum atomic E-state index is 0.205. The Morgan fingerprint density at radius 3 is 0.806 bits per heavy atom. The van der Waals surface area contributed by atoms with E-state index in [4.69, 9.17) is 0 Å². The third-order valence-corrected chi connectivity index (χ3v) is 23.6. The van der Waals surface area contributed by atoms with Crippen molar-refractivity contribution < 1.29 is 0 Å². The maximum atomic E-state index is 2.79. The summed E-state index contributed by atoms with van der Waals surface area (Å²) in [5.74, 6) is 6.08. The van der Waals surface area contributed by atoms with Gasteiger partial charge in [-0.15, -0.1) is 0 Å². The van der Waals surface area contributed by atoms with Gasteiger partial charge in [0.25, 0.3) is 0 Å². The van der Waals surface area contributed by atoms with Crippen molar-refractivity contribution in [3.63, 3.8) is 0 Å². The Kier molecular flexibility index (Phi) is 21.1. The average Bonchev–Trinajstić information content (AvgIpc) is 0.733. The molecule has 6 nitrogen and oxygen atoms in total. The number of fused-ring (bicyclic) bond motifs is 6. The van der Waals surface area contributed by atoms with Crippen molar-refractivity contribution in [1.82, 2.24) is 0 Å². The highest BCUT2D eigenvalue weighted by Crippen LogP contribution is 2.64. The maximum Gasteiger partial charge on any atom is 0.0655 e. The molecule has 0 amide bonds. The summed E-state index contributed by atoms with van der Waals surface area (Å²) in [5, 5.41) is 0. The molecule has 0 radical (unpaired) electrons. The number of benzene rings is 6. The normalized spacial score (nSPS) is 24.6. The van der Waals surface area contributed by atoms with Crippen LogP contribution in [0, 0.1) is 78.8 Å². The second-order valence-corrected chi connectivity index (χ2v) is 40.3. The van der Waals surface area contributed by atoms with Gasteiger partial charge in [-0.25, -0.2) is 0 Å². The van der Waals surface area contributed by atoms with E-state index >= 15 is 0 Å². The standard InChI is InChI=1S/C34H42N2.C27H40N2.C19H24N2.2C6H14/c1-2-6-30-29(5-1)35(21-33-15-23-9-24(16-33)11-25(10-23)17-33)31-7-3-4-8-32(31)36(30)22-34-18-26-12-27(19-34)14-28(13-26)20-34;1-25(2,3)17-20-14-15-23-24(16-20)29(19-27(7,8)9)22-13-11-10-12-21(22)28(23)18-26(4,5)6;1-19(2,3)13-14-10-11-17-18(12-14)21(5)16-9-7-6-8-15(16)20(17)4;2*1-5-6(2,3)4/h1-8,23-28H,9-22H2;10-16H,17-19H2,1-9H3;6-12H,13H2,1-5H3;2*5H2,1-4H3. The molecule has 6 heteroatoms. The largest absolute Gasteiger partial charge is 0.341 e. The predicted molar refractivity (Wildman–Crippen MR) is 429 cm³/mol. The summed E-state index contributed by atoms with van der Waals surface area (Å²) < 4.78 is 0. The number of hydrogen-bond acceptors (Lipinski definition) is 6. The van der Waals surface area contributed by atoms with Crippen LogP contribution < -0.4 is 29.4 Å². The highest BCUT2D eigenvalue weighted by Gasteiger charge is 2.54. The molecule has 0 unspecified atom stereocenters. The van der Waals surface area contributed by atoms with E-state index in [-0.39, 0.29) is 16.2 Å². The molecule has 6 aromatic carbocycles. The Balaban J connectivity index is 0.000000141. The molecule has 0 aromatic heterocycles. The van der Waals surface area contributed by atoms with Crippen LogP contribution in [0.15, 0.2) is 133 Å². The molecular formula is C92H134N6. The first kappa shape index (κ1) is 73.3. The number of hydrogen-bond donors (Lipinski definition) is 0. The molecule has 8 fully saturated rings. The van der Waals surface area contributed by atoms with Crippen molar-refractivity contribution in [3.05, 3.63) is 145 Å². The fourth-order valence-electron chi connectivity index (χ4n) is 19.4. The van der Waals surface area contributed by atoms with Crippen LogP contribution >= 0.6 is 0 Å². The van der Waals surface area contributed by atoms with Crippen LogP contribution in [0.1, 0.15) is 239 Å². The molecular weight excluding hydrogens is 1190 g/mol. The predicted octanol–water partition coefficient (Wildman–Crippen LogP) is 26.7. The van der Waals surface area contributed by atoms with E-state index in [2.05, 4.69) is 315 Å². The van der Waals surface area contributed by atoms with Gasteiger partial charge < -0.3 is 29.4 Å². The maximum absolute atomic E-state index is 2.79. The highest BCUT2D eigenvalue weighted by molar-refractivity contribution is 5.95. The van der Waals surface area contributed by atoms with Gasteiger partial charge in [0, 0.05) is 40.3 Å². The van der Waals surface area contributed by atoms with Gasteiger partial charge >= 0.3 is 0 Å². The summed E-state index contributed by atoms with van der Waals surface area (Å²) in [4.78, 5) is 15.2. The number of anilines is 12. The van der Waals surface area contributed by atoms with Crippen LogP contribution in [0.5, 0.6) is 0 Å². The van der Waals surface area contributed by atoms with Gasteiger partial charge in [-0.05, 0) is 253 Å². The third kappa shape index (κ3) is 17.5. The second-order valence-electron chi connectivity index (χ2n) is 40.3. The first-order chi connectivity index (χ1) is 45.8. The van der Waals surface area contributed by atoms with E-state index in [1.165, 1.54) is 182 Å². The summed E-state index contributed by atoms with van der Waals surface area (Å²) in [6.07, 6.45) is 22.8. The van der Waals surface area contributed by atoms with Crippen LogP contribution in [0.4, 0.5) is 68.2 Å². The summed E-state index contributed by atoms with van der Waals surface area (Å²) in [6, 6.07) is 50.4. The topological polar surface area (TPSA) is 19.4 Å². The minimum absolute atomic E-state index is 0.205. The zero-order valence-electron chi connectivity index (χ0n) is 66.0. The van der Waals surface area contributed by atoms with E-state index in [9.17, 15) is 0 Å². The number of rotatable bonds is 8. The molecule has 0 N–H and O–H groups in total. The number of para-hydroxylation sites is 8. The smallest absolute Gasteiger partial charge is 0.0655 e.